The first-order chi connectivity index (χ1) is 28.3. The van der Waals surface area contributed by atoms with Crippen molar-refractivity contribution in [1.82, 2.24) is 15.0 Å². The Morgan fingerprint density at radius 2 is 0.897 bits per heavy atom. The van der Waals surface area contributed by atoms with Crippen LogP contribution in [0.2, 0.25) is 0 Å². The van der Waals surface area contributed by atoms with Gasteiger partial charge in [0, 0.05) is 57.0 Å². The second-order valence-corrected chi connectivity index (χ2v) is 18.2. The van der Waals surface area contributed by atoms with Gasteiger partial charge in [-0.15, -0.1) is 22.7 Å². The molecule has 0 spiro atoms. The van der Waals surface area contributed by atoms with E-state index in [0.717, 1.165) is 16.7 Å². The quantitative estimate of drug-likeness (QED) is 0.175. The van der Waals surface area contributed by atoms with Gasteiger partial charge in [0.05, 0.1) is 0 Å². The molecule has 0 aliphatic rings. The number of aromatic nitrogens is 3. The highest BCUT2D eigenvalue weighted by molar-refractivity contribution is 7.26. The minimum Gasteiger partial charge on any atom is -0.208 e. The van der Waals surface area contributed by atoms with Crippen LogP contribution in [0, 0.1) is 0 Å². The van der Waals surface area contributed by atoms with Gasteiger partial charge in [-0.2, -0.15) is 0 Å². The number of rotatable bonds is 5. The van der Waals surface area contributed by atoms with Crippen LogP contribution >= 0.6 is 22.7 Å². The summed E-state index contributed by atoms with van der Waals surface area (Å²) >= 11 is 3.66. The molecule has 0 atom stereocenters. The average Bonchev–Trinajstić information content (AvgIpc) is 3.84. The maximum Gasteiger partial charge on any atom is 0.164 e. The summed E-state index contributed by atoms with van der Waals surface area (Å²) in [5.74, 6) is 1.99. The molecule has 58 heavy (non-hydrogen) atoms. The number of thiophene rings is 2. The van der Waals surface area contributed by atoms with E-state index >= 15 is 0 Å². The SMILES string of the molecule is CC(C)(C)c1ccc(-c2nc(-c3ccc4c(c3)sc3c5ccccc5ccc43)nc(-c3ccc4sc5ccc(-c6cccc(-c7ccccc7)c6)cc5c4c3)n2)cc1. The second kappa shape index (κ2) is 13.6. The van der Waals surface area contributed by atoms with Crippen molar-refractivity contribution < 1.29 is 0 Å². The van der Waals surface area contributed by atoms with E-state index < -0.39 is 0 Å². The van der Waals surface area contributed by atoms with Crippen molar-refractivity contribution in [3.8, 4) is 56.4 Å². The summed E-state index contributed by atoms with van der Waals surface area (Å²) < 4.78 is 5.03. The molecule has 0 radical (unpaired) electrons. The van der Waals surface area contributed by atoms with E-state index in [0.29, 0.717) is 17.5 Å². The van der Waals surface area contributed by atoms with Gasteiger partial charge in [-0.1, -0.05) is 148 Å². The number of nitrogens with zero attached hydrogens (tertiary/aromatic N) is 3. The highest BCUT2D eigenvalue weighted by Crippen LogP contribution is 2.42. The largest absolute Gasteiger partial charge is 0.208 e. The van der Waals surface area contributed by atoms with Crippen LogP contribution in [0.15, 0.2) is 170 Å². The molecule has 276 valence electrons. The van der Waals surface area contributed by atoms with Crippen molar-refractivity contribution >= 4 is 73.8 Å². The second-order valence-electron chi connectivity index (χ2n) is 16.1. The van der Waals surface area contributed by atoms with Gasteiger partial charge < -0.3 is 0 Å². The Labute approximate surface area is 345 Å². The Morgan fingerprint density at radius 3 is 1.64 bits per heavy atom. The fourth-order valence-corrected chi connectivity index (χ4v) is 10.5. The Hall–Kier alpha value is -6.53. The zero-order chi connectivity index (χ0) is 39.0. The van der Waals surface area contributed by atoms with Crippen LogP contribution in [-0.4, -0.2) is 15.0 Å². The molecule has 0 N–H and O–H groups in total. The van der Waals surface area contributed by atoms with E-state index in [1.807, 2.05) is 22.7 Å². The van der Waals surface area contributed by atoms with Gasteiger partial charge in [0.25, 0.3) is 0 Å². The summed E-state index contributed by atoms with van der Waals surface area (Å²) in [5.41, 5.74) is 9.06. The maximum absolute atomic E-state index is 5.23. The molecule has 3 nitrogen and oxygen atoms in total. The van der Waals surface area contributed by atoms with Gasteiger partial charge in [0.1, 0.15) is 0 Å². The molecular formula is C53H37N3S2. The van der Waals surface area contributed by atoms with Crippen LogP contribution in [0.4, 0.5) is 0 Å². The molecule has 0 aliphatic carbocycles. The van der Waals surface area contributed by atoms with Crippen LogP contribution < -0.4 is 0 Å². The molecule has 5 heteroatoms. The maximum atomic E-state index is 5.23. The van der Waals surface area contributed by atoms with Gasteiger partial charge in [0.2, 0.25) is 0 Å². The van der Waals surface area contributed by atoms with Crippen molar-refractivity contribution in [1.29, 1.82) is 0 Å². The summed E-state index contributed by atoms with van der Waals surface area (Å²) in [6.45, 7) is 6.72. The monoisotopic (exact) mass is 779 g/mol. The standard InChI is InChI=1S/C53H37N3S2/c1-53(2,3)40-22-16-34(17-23-40)50-54-51(56-52(55-50)39-19-24-42-43-25-18-33-12-7-8-15-41(33)49(43)58-48(42)31-39)38-21-27-47-45(30-38)44-29-37(20-26-46(44)57-47)36-14-9-13-35(28-36)32-10-5-4-6-11-32/h4-31H,1-3H3. The lowest BCUT2D eigenvalue weighted by Crippen LogP contribution is -2.10. The first-order valence-corrected chi connectivity index (χ1v) is 21.3. The molecule has 0 aliphatic heterocycles. The summed E-state index contributed by atoms with van der Waals surface area (Å²) in [6.07, 6.45) is 0. The smallest absolute Gasteiger partial charge is 0.164 e. The van der Waals surface area contributed by atoms with Gasteiger partial charge >= 0.3 is 0 Å². The van der Waals surface area contributed by atoms with Crippen molar-refractivity contribution in [3.05, 3.63) is 175 Å². The molecule has 0 bridgehead atoms. The predicted octanol–water partition coefficient (Wildman–Crippen LogP) is 15.4. The summed E-state index contributed by atoms with van der Waals surface area (Å²) in [6, 6.07) is 61.4. The van der Waals surface area contributed by atoms with E-state index in [2.05, 4.69) is 191 Å². The Morgan fingerprint density at radius 1 is 0.345 bits per heavy atom. The molecule has 0 saturated heterocycles. The van der Waals surface area contributed by atoms with Gasteiger partial charge in [0.15, 0.2) is 17.5 Å². The summed E-state index contributed by atoms with van der Waals surface area (Å²) in [5, 5.41) is 7.52. The molecular weight excluding hydrogens is 743 g/mol. The third kappa shape index (κ3) is 6.06. The Balaban J connectivity index is 1.05. The highest BCUT2D eigenvalue weighted by atomic mass is 32.1. The minimum absolute atomic E-state index is 0.0439. The molecule has 0 amide bonds. The molecule has 11 aromatic rings. The number of hydrogen-bond donors (Lipinski definition) is 0. The molecule has 0 saturated carbocycles. The number of benzene rings is 8. The van der Waals surface area contributed by atoms with Crippen molar-refractivity contribution in [2.24, 2.45) is 0 Å². The Bertz CT molecular complexity index is 3370. The first-order valence-electron chi connectivity index (χ1n) is 19.7. The molecule has 3 aromatic heterocycles. The lowest BCUT2D eigenvalue weighted by Gasteiger charge is -2.19. The summed E-state index contributed by atoms with van der Waals surface area (Å²) in [4.78, 5) is 15.6. The third-order valence-corrected chi connectivity index (χ3v) is 13.7. The fraction of sp³-hybridized carbons (Fsp3) is 0.0755. The Kier molecular flexibility index (Phi) is 8.11. The fourth-order valence-electron chi connectivity index (χ4n) is 8.13. The summed E-state index contributed by atoms with van der Waals surface area (Å²) in [7, 11) is 0. The molecule has 0 fully saturated rings. The highest BCUT2D eigenvalue weighted by Gasteiger charge is 2.18. The third-order valence-electron chi connectivity index (χ3n) is 11.3. The van der Waals surface area contributed by atoms with Gasteiger partial charge in [-0.3, -0.25) is 0 Å². The zero-order valence-corrected chi connectivity index (χ0v) is 34.0. The van der Waals surface area contributed by atoms with Crippen LogP contribution in [-0.2, 0) is 5.41 Å². The van der Waals surface area contributed by atoms with E-state index in [1.54, 1.807) is 0 Å². The lowest BCUT2D eigenvalue weighted by atomic mass is 9.87. The topological polar surface area (TPSA) is 38.7 Å². The normalized spacial score (nSPS) is 12.1. The van der Waals surface area contributed by atoms with E-state index in [1.165, 1.54) is 78.9 Å². The lowest BCUT2D eigenvalue weighted by molar-refractivity contribution is 0.590. The van der Waals surface area contributed by atoms with Gasteiger partial charge in [-0.25, -0.2) is 15.0 Å². The van der Waals surface area contributed by atoms with Crippen LogP contribution in [0.25, 0.3) is 108 Å². The minimum atomic E-state index is 0.0439. The van der Waals surface area contributed by atoms with Gasteiger partial charge in [-0.05, 0) is 86.5 Å². The van der Waals surface area contributed by atoms with E-state index in [9.17, 15) is 0 Å². The van der Waals surface area contributed by atoms with Crippen molar-refractivity contribution in [2.75, 3.05) is 0 Å². The number of fused-ring (bicyclic) bond motifs is 8. The number of hydrogen-bond acceptors (Lipinski definition) is 5. The van der Waals surface area contributed by atoms with Crippen LogP contribution in [0.3, 0.4) is 0 Å². The average molecular weight is 780 g/mol. The van der Waals surface area contributed by atoms with Crippen LogP contribution in [0.5, 0.6) is 0 Å². The molecule has 11 rings (SSSR count). The van der Waals surface area contributed by atoms with Crippen molar-refractivity contribution in [2.45, 2.75) is 26.2 Å². The zero-order valence-electron chi connectivity index (χ0n) is 32.3. The van der Waals surface area contributed by atoms with Crippen LogP contribution in [0.1, 0.15) is 26.3 Å². The van der Waals surface area contributed by atoms with E-state index in [4.69, 9.17) is 15.0 Å². The van der Waals surface area contributed by atoms with Crippen molar-refractivity contribution in [3.63, 3.8) is 0 Å². The van der Waals surface area contributed by atoms with E-state index in [-0.39, 0.29) is 5.41 Å². The molecule has 8 aromatic carbocycles. The molecule has 3 heterocycles. The predicted molar refractivity (Wildman–Crippen MR) is 249 cm³/mol. The molecule has 0 unspecified atom stereocenters. The first kappa shape index (κ1) is 34.7.